The first-order chi connectivity index (χ1) is 12.4. The summed E-state index contributed by atoms with van der Waals surface area (Å²) in [7, 11) is 1.67. The van der Waals surface area contributed by atoms with Gasteiger partial charge in [0.25, 0.3) is 11.1 Å². The van der Waals surface area contributed by atoms with E-state index in [-0.39, 0.29) is 35.2 Å². The van der Waals surface area contributed by atoms with Crippen LogP contribution in [0.15, 0.2) is 48.5 Å². The van der Waals surface area contributed by atoms with Crippen LogP contribution in [0.3, 0.4) is 0 Å². The number of halogens is 1. The molecule has 5 nitrogen and oxygen atoms in total. The van der Waals surface area contributed by atoms with Crippen LogP contribution in [0.5, 0.6) is 0 Å². The summed E-state index contributed by atoms with van der Waals surface area (Å²) in [5.74, 6) is -0.563. The van der Waals surface area contributed by atoms with Crippen LogP contribution >= 0.6 is 11.8 Å². The summed E-state index contributed by atoms with van der Waals surface area (Å²) >= 11 is 0.986. The third-order valence-electron chi connectivity index (χ3n) is 4.03. The first-order valence-corrected chi connectivity index (χ1v) is 8.98. The van der Waals surface area contributed by atoms with E-state index in [4.69, 9.17) is 0 Å². The zero-order valence-electron chi connectivity index (χ0n) is 14.1. The quantitative estimate of drug-likeness (QED) is 0.808. The lowest BCUT2D eigenvalue weighted by molar-refractivity contribution is -0.125. The Morgan fingerprint density at radius 1 is 1.15 bits per heavy atom. The van der Waals surface area contributed by atoms with E-state index in [0.29, 0.717) is 12.1 Å². The SMILES string of the molecule is CN(Cc1ccc(F)cc1)C(=O)c1cccc(CN2C(=O)CSC2=O)c1. The molecule has 7 heteroatoms. The minimum absolute atomic E-state index is 0.160. The van der Waals surface area contributed by atoms with Crippen molar-refractivity contribution in [1.82, 2.24) is 9.80 Å². The van der Waals surface area contributed by atoms with Crippen molar-refractivity contribution in [2.75, 3.05) is 12.8 Å². The Bertz CT molecular complexity index is 838. The highest BCUT2D eigenvalue weighted by Gasteiger charge is 2.29. The van der Waals surface area contributed by atoms with Crippen LogP contribution in [0, 0.1) is 5.82 Å². The van der Waals surface area contributed by atoms with Crippen molar-refractivity contribution < 1.29 is 18.8 Å². The zero-order chi connectivity index (χ0) is 18.7. The molecule has 3 rings (SSSR count). The summed E-state index contributed by atoms with van der Waals surface area (Å²) in [6.07, 6.45) is 0. The average molecular weight is 372 g/mol. The molecule has 0 aromatic heterocycles. The molecule has 26 heavy (non-hydrogen) atoms. The molecule has 2 aromatic rings. The van der Waals surface area contributed by atoms with Gasteiger partial charge in [0.05, 0.1) is 12.3 Å². The molecule has 1 aliphatic rings. The second-order valence-corrected chi connectivity index (χ2v) is 6.95. The number of thioether (sulfide) groups is 1. The molecule has 0 radical (unpaired) electrons. The molecule has 1 fully saturated rings. The molecule has 0 atom stereocenters. The van der Waals surface area contributed by atoms with Gasteiger partial charge in [-0.3, -0.25) is 19.3 Å². The van der Waals surface area contributed by atoms with E-state index in [1.807, 2.05) is 0 Å². The van der Waals surface area contributed by atoms with Crippen LogP contribution in [0.1, 0.15) is 21.5 Å². The second kappa shape index (κ2) is 7.70. The van der Waals surface area contributed by atoms with Crippen molar-refractivity contribution in [3.8, 4) is 0 Å². The second-order valence-electron chi connectivity index (χ2n) is 6.02. The normalized spacial score (nSPS) is 14.0. The lowest BCUT2D eigenvalue weighted by atomic mass is 10.1. The Morgan fingerprint density at radius 2 is 1.88 bits per heavy atom. The molecular formula is C19H17FN2O3S. The molecular weight excluding hydrogens is 355 g/mol. The van der Waals surface area contributed by atoms with E-state index < -0.39 is 0 Å². The van der Waals surface area contributed by atoms with Crippen LogP contribution in [0.2, 0.25) is 0 Å². The summed E-state index contributed by atoms with van der Waals surface area (Å²) in [6, 6.07) is 12.9. The Labute approximate surface area is 154 Å². The topological polar surface area (TPSA) is 57.7 Å². The predicted molar refractivity (Wildman–Crippen MR) is 97.0 cm³/mol. The Hall–Kier alpha value is -2.67. The van der Waals surface area contributed by atoms with E-state index >= 15 is 0 Å². The van der Waals surface area contributed by atoms with Crippen molar-refractivity contribution in [3.63, 3.8) is 0 Å². The largest absolute Gasteiger partial charge is 0.337 e. The molecule has 0 bridgehead atoms. The minimum Gasteiger partial charge on any atom is -0.337 e. The number of hydrogen-bond donors (Lipinski definition) is 0. The maximum atomic E-state index is 13.0. The fourth-order valence-electron chi connectivity index (χ4n) is 2.68. The van der Waals surface area contributed by atoms with Gasteiger partial charge >= 0.3 is 0 Å². The smallest absolute Gasteiger partial charge is 0.289 e. The lowest BCUT2D eigenvalue weighted by Crippen LogP contribution is -2.28. The monoisotopic (exact) mass is 372 g/mol. The van der Waals surface area contributed by atoms with E-state index in [1.54, 1.807) is 43.4 Å². The van der Waals surface area contributed by atoms with Gasteiger partial charge in [0.1, 0.15) is 5.82 Å². The number of hydrogen-bond acceptors (Lipinski definition) is 4. The molecule has 0 unspecified atom stereocenters. The van der Waals surface area contributed by atoms with Crippen molar-refractivity contribution in [2.45, 2.75) is 13.1 Å². The maximum Gasteiger partial charge on any atom is 0.289 e. The fourth-order valence-corrected chi connectivity index (χ4v) is 3.40. The third-order valence-corrected chi connectivity index (χ3v) is 4.89. The first kappa shape index (κ1) is 18.1. The predicted octanol–water partition coefficient (Wildman–Crippen LogP) is 3.29. The number of amides is 3. The molecule has 0 N–H and O–H groups in total. The number of imide groups is 1. The van der Waals surface area contributed by atoms with Gasteiger partial charge in [-0.2, -0.15) is 0 Å². The van der Waals surface area contributed by atoms with Crippen LogP contribution in [0.4, 0.5) is 9.18 Å². The third kappa shape index (κ3) is 4.11. The van der Waals surface area contributed by atoms with Crippen LogP contribution in [-0.2, 0) is 17.9 Å². The Balaban J connectivity index is 1.70. The average Bonchev–Trinajstić information content (AvgIpc) is 2.95. The number of benzene rings is 2. The van der Waals surface area contributed by atoms with E-state index in [9.17, 15) is 18.8 Å². The Kier molecular flexibility index (Phi) is 5.37. The summed E-state index contributed by atoms with van der Waals surface area (Å²) in [5, 5.41) is -0.264. The number of carbonyl (C=O) groups is 3. The molecule has 2 aromatic carbocycles. The molecule has 0 saturated carbocycles. The van der Waals surface area contributed by atoms with Gasteiger partial charge in [-0.15, -0.1) is 0 Å². The van der Waals surface area contributed by atoms with Gasteiger partial charge in [-0.05, 0) is 35.4 Å². The molecule has 1 saturated heterocycles. The van der Waals surface area contributed by atoms with Gasteiger partial charge in [0.15, 0.2) is 0 Å². The molecule has 3 amide bonds. The number of rotatable bonds is 5. The summed E-state index contributed by atoms with van der Waals surface area (Å²) in [4.78, 5) is 38.8. The molecule has 1 aliphatic heterocycles. The van der Waals surface area contributed by atoms with E-state index in [0.717, 1.165) is 22.9 Å². The number of nitrogens with zero attached hydrogens (tertiary/aromatic N) is 2. The van der Waals surface area contributed by atoms with Crippen LogP contribution < -0.4 is 0 Å². The van der Waals surface area contributed by atoms with Crippen molar-refractivity contribution in [2.24, 2.45) is 0 Å². The van der Waals surface area contributed by atoms with E-state index in [1.165, 1.54) is 21.9 Å². The number of carbonyl (C=O) groups excluding carboxylic acids is 3. The Morgan fingerprint density at radius 3 is 2.54 bits per heavy atom. The van der Waals surface area contributed by atoms with Gasteiger partial charge in [-0.1, -0.05) is 36.0 Å². The highest BCUT2D eigenvalue weighted by molar-refractivity contribution is 8.14. The summed E-state index contributed by atoms with van der Waals surface area (Å²) in [6.45, 7) is 0.510. The maximum absolute atomic E-state index is 13.0. The van der Waals surface area contributed by atoms with Crippen molar-refractivity contribution in [1.29, 1.82) is 0 Å². The van der Waals surface area contributed by atoms with Gasteiger partial charge in [-0.25, -0.2) is 4.39 Å². The molecule has 134 valence electrons. The zero-order valence-corrected chi connectivity index (χ0v) is 15.0. The standard InChI is InChI=1S/C19H17FN2O3S/c1-21(10-13-5-7-16(20)8-6-13)18(24)15-4-2-3-14(9-15)11-22-17(23)12-26-19(22)25/h2-9H,10-12H2,1H3. The molecule has 1 heterocycles. The highest BCUT2D eigenvalue weighted by atomic mass is 32.2. The fraction of sp³-hybridized carbons (Fsp3) is 0.211. The van der Waals surface area contributed by atoms with Crippen LogP contribution in [0.25, 0.3) is 0 Å². The molecule has 0 aliphatic carbocycles. The van der Waals surface area contributed by atoms with Crippen LogP contribution in [-0.4, -0.2) is 39.7 Å². The highest BCUT2D eigenvalue weighted by Crippen LogP contribution is 2.22. The first-order valence-electron chi connectivity index (χ1n) is 8.00. The van der Waals surface area contributed by atoms with Crippen molar-refractivity contribution >= 4 is 28.8 Å². The van der Waals surface area contributed by atoms with Gasteiger partial charge in [0, 0.05) is 19.2 Å². The molecule has 0 spiro atoms. The summed E-state index contributed by atoms with van der Waals surface area (Å²) in [5.41, 5.74) is 2.01. The van der Waals surface area contributed by atoms with Gasteiger partial charge < -0.3 is 4.90 Å². The lowest BCUT2D eigenvalue weighted by Gasteiger charge is -2.18. The van der Waals surface area contributed by atoms with E-state index in [2.05, 4.69) is 0 Å². The minimum atomic E-state index is -0.320. The van der Waals surface area contributed by atoms with Crippen molar-refractivity contribution in [3.05, 3.63) is 71.0 Å². The summed E-state index contributed by atoms with van der Waals surface area (Å²) < 4.78 is 13.0. The van der Waals surface area contributed by atoms with Gasteiger partial charge in [0.2, 0.25) is 5.91 Å².